The van der Waals surface area contributed by atoms with E-state index in [1.165, 1.54) is 0 Å². The fourth-order valence-electron chi connectivity index (χ4n) is 2.59. The Morgan fingerprint density at radius 3 is 2.60 bits per heavy atom. The van der Waals surface area contributed by atoms with Crippen molar-refractivity contribution < 1.29 is 9.53 Å². The molecule has 5 heteroatoms. The van der Waals surface area contributed by atoms with Crippen LogP contribution in [-0.4, -0.2) is 46.4 Å². The first-order valence-corrected chi connectivity index (χ1v) is 7.47. The van der Waals surface area contributed by atoms with E-state index in [0.29, 0.717) is 17.7 Å². The second-order valence-corrected chi connectivity index (χ2v) is 5.68. The lowest BCUT2D eigenvalue weighted by Crippen LogP contribution is -2.41. The van der Waals surface area contributed by atoms with E-state index in [1.54, 1.807) is 4.68 Å². The van der Waals surface area contributed by atoms with Gasteiger partial charge in [0.1, 0.15) is 5.69 Å². The van der Waals surface area contributed by atoms with E-state index in [0.717, 1.165) is 38.2 Å². The molecule has 0 N–H and O–H groups in total. The van der Waals surface area contributed by atoms with Gasteiger partial charge in [0.05, 0.1) is 11.8 Å². The van der Waals surface area contributed by atoms with E-state index in [-0.39, 0.29) is 5.91 Å². The Labute approximate surface area is 120 Å². The molecule has 112 valence electrons. The number of rotatable bonds is 4. The number of nitrogens with zero attached hydrogens (tertiary/aromatic N) is 3. The summed E-state index contributed by atoms with van der Waals surface area (Å²) >= 11 is 0. The molecule has 0 unspecified atom stereocenters. The lowest BCUT2D eigenvalue weighted by atomic mass is 10.1. The maximum atomic E-state index is 12.5. The molecule has 0 atom stereocenters. The first kappa shape index (κ1) is 15.0. The summed E-state index contributed by atoms with van der Waals surface area (Å²) < 4.78 is 7.32. The van der Waals surface area contributed by atoms with Crippen molar-refractivity contribution >= 4 is 5.91 Å². The van der Waals surface area contributed by atoms with Crippen molar-refractivity contribution in [3.63, 3.8) is 0 Å². The van der Waals surface area contributed by atoms with Gasteiger partial charge in [0, 0.05) is 26.7 Å². The lowest BCUT2D eigenvalue weighted by molar-refractivity contribution is 0.0143. The zero-order chi connectivity index (χ0) is 14.7. The van der Waals surface area contributed by atoms with Gasteiger partial charge in [0.15, 0.2) is 0 Å². The van der Waals surface area contributed by atoms with E-state index in [1.807, 2.05) is 24.9 Å². The SMILES string of the molecule is CCOC1CCN(C(=O)c2cc(C(C)C)nn2C)CC1. The van der Waals surface area contributed by atoms with Crippen molar-refractivity contribution in [2.45, 2.75) is 45.6 Å². The number of piperidine rings is 1. The summed E-state index contributed by atoms with van der Waals surface area (Å²) in [5.41, 5.74) is 1.66. The zero-order valence-electron chi connectivity index (χ0n) is 12.9. The van der Waals surface area contributed by atoms with Gasteiger partial charge in [-0.1, -0.05) is 13.8 Å². The van der Waals surface area contributed by atoms with Crippen molar-refractivity contribution in [2.24, 2.45) is 7.05 Å². The van der Waals surface area contributed by atoms with Crippen molar-refractivity contribution in [1.82, 2.24) is 14.7 Å². The molecule has 2 rings (SSSR count). The molecule has 1 amide bonds. The summed E-state index contributed by atoms with van der Waals surface area (Å²) in [4.78, 5) is 14.5. The Hall–Kier alpha value is -1.36. The van der Waals surface area contributed by atoms with E-state index in [4.69, 9.17) is 4.74 Å². The Morgan fingerprint density at radius 1 is 1.45 bits per heavy atom. The van der Waals surface area contributed by atoms with E-state index < -0.39 is 0 Å². The normalized spacial score (nSPS) is 16.9. The van der Waals surface area contributed by atoms with Crippen LogP contribution in [0, 0.1) is 0 Å². The van der Waals surface area contributed by atoms with Gasteiger partial charge >= 0.3 is 0 Å². The average molecular weight is 279 g/mol. The van der Waals surface area contributed by atoms with E-state index in [9.17, 15) is 4.79 Å². The van der Waals surface area contributed by atoms with Crippen LogP contribution in [-0.2, 0) is 11.8 Å². The minimum atomic E-state index is 0.0850. The third-order valence-corrected chi connectivity index (χ3v) is 3.84. The molecule has 20 heavy (non-hydrogen) atoms. The molecule has 0 saturated carbocycles. The standard InChI is InChI=1S/C15H25N3O2/c1-5-20-12-6-8-18(9-7-12)15(19)14-10-13(11(2)3)16-17(14)4/h10-12H,5-9H2,1-4H3. The number of aryl methyl sites for hydroxylation is 1. The highest BCUT2D eigenvalue weighted by Crippen LogP contribution is 2.19. The quantitative estimate of drug-likeness (QED) is 0.848. The molecule has 1 aromatic rings. The molecule has 1 saturated heterocycles. The highest BCUT2D eigenvalue weighted by atomic mass is 16.5. The van der Waals surface area contributed by atoms with Crippen LogP contribution in [0.5, 0.6) is 0 Å². The second-order valence-electron chi connectivity index (χ2n) is 5.68. The summed E-state index contributed by atoms with van der Waals surface area (Å²) in [5, 5.41) is 4.41. The van der Waals surface area contributed by atoms with Gasteiger partial charge < -0.3 is 9.64 Å². The number of carbonyl (C=O) groups is 1. The van der Waals surface area contributed by atoms with E-state index in [2.05, 4.69) is 18.9 Å². The molecule has 2 heterocycles. The molecule has 0 radical (unpaired) electrons. The monoisotopic (exact) mass is 279 g/mol. The Bertz CT molecular complexity index is 460. The first-order chi connectivity index (χ1) is 9.52. The number of likely N-dealkylation sites (tertiary alicyclic amines) is 1. The van der Waals surface area contributed by atoms with Crippen molar-refractivity contribution in [1.29, 1.82) is 0 Å². The van der Waals surface area contributed by atoms with E-state index >= 15 is 0 Å². The highest BCUT2D eigenvalue weighted by Gasteiger charge is 2.26. The third-order valence-electron chi connectivity index (χ3n) is 3.84. The van der Waals surface area contributed by atoms with Crippen LogP contribution >= 0.6 is 0 Å². The van der Waals surface area contributed by atoms with Gasteiger partial charge in [-0.2, -0.15) is 5.10 Å². The fourth-order valence-corrected chi connectivity index (χ4v) is 2.59. The molecule has 0 bridgehead atoms. The maximum Gasteiger partial charge on any atom is 0.272 e. The summed E-state index contributed by atoms with van der Waals surface area (Å²) in [6.07, 6.45) is 2.16. The fraction of sp³-hybridized carbons (Fsp3) is 0.733. The lowest BCUT2D eigenvalue weighted by Gasteiger charge is -2.31. The highest BCUT2D eigenvalue weighted by molar-refractivity contribution is 5.92. The van der Waals surface area contributed by atoms with Crippen molar-refractivity contribution in [3.05, 3.63) is 17.5 Å². The van der Waals surface area contributed by atoms with Gasteiger partial charge in [0.2, 0.25) is 0 Å². The first-order valence-electron chi connectivity index (χ1n) is 7.47. The van der Waals surface area contributed by atoms with Gasteiger partial charge in [-0.3, -0.25) is 9.48 Å². The minimum Gasteiger partial charge on any atom is -0.378 e. The number of hydrogen-bond donors (Lipinski definition) is 0. The van der Waals surface area contributed by atoms with Crippen LogP contribution in [0.15, 0.2) is 6.07 Å². The van der Waals surface area contributed by atoms with Gasteiger partial charge in [-0.25, -0.2) is 0 Å². The Balaban J connectivity index is 2.02. The zero-order valence-corrected chi connectivity index (χ0v) is 12.9. The van der Waals surface area contributed by atoms with Gasteiger partial charge in [-0.15, -0.1) is 0 Å². The summed E-state index contributed by atoms with van der Waals surface area (Å²) in [7, 11) is 1.84. The molecule has 0 aliphatic carbocycles. The van der Waals surface area contributed by atoms with Gasteiger partial charge in [-0.05, 0) is 31.7 Å². The van der Waals surface area contributed by atoms with Crippen molar-refractivity contribution in [2.75, 3.05) is 19.7 Å². The van der Waals surface area contributed by atoms with Crippen LogP contribution < -0.4 is 0 Å². The van der Waals surface area contributed by atoms with Crippen molar-refractivity contribution in [3.8, 4) is 0 Å². The molecular formula is C15H25N3O2. The average Bonchev–Trinajstić information content (AvgIpc) is 2.81. The Kier molecular flexibility index (Phi) is 4.81. The summed E-state index contributed by atoms with van der Waals surface area (Å²) in [6.45, 7) is 8.48. The number of hydrogen-bond acceptors (Lipinski definition) is 3. The molecule has 5 nitrogen and oxygen atoms in total. The number of aromatic nitrogens is 2. The predicted octanol–water partition coefficient (Wildman–Crippen LogP) is 2.18. The smallest absolute Gasteiger partial charge is 0.272 e. The predicted molar refractivity (Wildman–Crippen MR) is 77.8 cm³/mol. The molecular weight excluding hydrogens is 254 g/mol. The topological polar surface area (TPSA) is 47.4 Å². The van der Waals surface area contributed by atoms with Crippen LogP contribution in [0.4, 0.5) is 0 Å². The van der Waals surface area contributed by atoms with Gasteiger partial charge in [0.25, 0.3) is 5.91 Å². The number of ether oxygens (including phenoxy) is 1. The van der Waals surface area contributed by atoms with Crippen LogP contribution in [0.2, 0.25) is 0 Å². The summed E-state index contributed by atoms with van der Waals surface area (Å²) in [6, 6.07) is 1.92. The largest absolute Gasteiger partial charge is 0.378 e. The van der Waals surface area contributed by atoms with Crippen LogP contribution in [0.25, 0.3) is 0 Å². The minimum absolute atomic E-state index is 0.0850. The Morgan fingerprint density at radius 2 is 2.10 bits per heavy atom. The molecule has 1 aliphatic heterocycles. The molecule has 1 aliphatic rings. The molecule has 0 spiro atoms. The molecule has 1 fully saturated rings. The maximum absolute atomic E-state index is 12.5. The van der Waals surface area contributed by atoms with Crippen LogP contribution in [0.1, 0.15) is 55.7 Å². The summed E-state index contributed by atoms with van der Waals surface area (Å²) in [5.74, 6) is 0.424. The number of amides is 1. The molecule has 0 aromatic carbocycles. The number of carbonyl (C=O) groups excluding carboxylic acids is 1. The second kappa shape index (κ2) is 6.39. The van der Waals surface area contributed by atoms with Crippen LogP contribution in [0.3, 0.4) is 0 Å². The third kappa shape index (κ3) is 3.20. The molecule has 1 aromatic heterocycles.